The van der Waals surface area contributed by atoms with Crippen molar-refractivity contribution in [1.82, 2.24) is 0 Å². The first-order chi connectivity index (χ1) is 16.2. The molecule has 5 atom stereocenters. The van der Waals surface area contributed by atoms with Crippen molar-refractivity contribution in [3.63, 3.8) is 0 Å². The lowest BCUT2D eigenvalue weighted by molar-refractivity contribution is -0.277. The number of hydrogen-bond acceptors (Lipinski definition) is 12. The number of aromatic hydroxyl groups is 3. The van der Waals surface area contributed by atoms with E-state index in [0.717, 1.165) is 18.2 Å². The third-order valence-corrected chi connectivity index (χ3v) is 5.44. The summed E-state index contributed by atoms with van der Waals surface area (Å²) in [6.45, 7) is -0.690. The lowest BCUT2D eigenvalue weighted by atomic mass is 9.99. The van der Waals surface area contributed by atoms with E-state index in [9.17, 15) is 40.5 Å². The standard InChI is InChI=1S/C22H22O12/c1-31-21-17(28)15-12(32-20(21)8-2-3-10(25)11(26)4-8)5-9(24)6-13(15)33-22-19(30)18(29)16(27)14(7-23)34-22/h2-6,14,16,18-19,22-27,29-30H,7H2,1H3/t14-,16+,18-,19-,22+/m0/s1. The van der Waals surface area contributed by atoms with Gasteiger partial charge in [0.25, 0.3) is 0 Å². The second-order valence-corrected chi connectivity index (χ2v) is 7.63. The molecule has 0 aliphatic carbocycles. The molecular formula is C22H22O12. The van der Waals surface area contributed by atoms with Gasteiger partial charge >= 0.3 is 0 Å². The maximum Gasteiger partial charge on any atom is 0.239 e. The first-order valence-corrected chi connectivity index (χ1v) is 10.0. The lowest BCUT2D eigenvalue weighted by Gasteiger charge is -2.39. The average molecular weight is 478 g/mol. The van der Waals surface area contributed by atoms with Gasteiger partial charge in [-0.3, -0.25) is 4.79 Å². The van der Waals surface area contributed by atoms with Crippen molar-refractivity contribution >= 4 is 11.0 Å². The van der Waals surface area contributed by atoms with E-state index < -0.39 is 54.2 Å². The van der Waals surface area contributed by atoms with E-state index in [-0.39, 0.29) is 39.5 Å². The Kier molecular flexibility index (Phi) is 6.25. The van der Waals surface area contributed by atoms with Gasteiger partial charge in [0.15, 0.2) is 17.3 Å². The molecule has 1 aliphatic heterocycles. The molecule has 7 N–H and O–H groups in total. The number of methoxy groups -OCH3 is 1. The number of benzene rings is 2. The van der Waals surface area contributed by atoms with Gasteiger partial charge < -0.3 is 54.4 Å². The Hall–Kier alpha value is -3.55. The first kappa shape index (κ1) is 23.6. The maximum atomic E-state index is 13.3. The van der Waals surface area contributed by atoms with Gasteiger partial charge in [0.05, 0.1) is 13.7 Å². The predicted octanol–water partition coefficient (Wildman–Crippen LogP) is -0.236. The number of hydrogen-bond donors (Lipinski definition) is 7. The van der Waals surface area contributed by atoms with Crippen LogP contribution in [0, 0.1) is 0 Å². The van der Waals surface area contributed by atoms with Gasteiger partial charge in [0.2, 0.25) is 17.5 Å². The number of aliphatic hydroxyl groups excluding tert-OH is 4. The fourth-order valence-electron chi connectivity index (χ4n) is 3.68. The molecule has 4 rings (SSSR count). The summed E-state index contributed by atoms with van der Waals surface area (Å²) in [5, 5.41) is 68.9. The zero-order chi connectivity index (χ0) is 24.7. The molecular weight excluding hydrogens is 456 g/mol. The number of phenols is 3. The van der Waals surface area contributed by atoms with Gasteiger partial charge in [0, 0.05) is 17.7 Å². The highest BCUT2D eigenvalue weighted by atomic mass is 16.7. The van der Waals surface area contributed by atoms with E-state index in [1.165, 1.54) is 19.2 Å². The summed E-state index contributed by atoms with van der Waals surface area (Å²) in [6, 6.07) is 5.88. The zero-order valence-electron chi connectivity index (χ0n) is 17.7. The minimum absolute atomic E-state index is 0.111. The van der Waals surface area contributed by atoms with Gasteiger partial charge in [-0.05, 0) is 18.2 Å². The summed E-state index contributed by atoms with van der Waals surface area (Å²) in [7, 11) is 1.21. The second kappa shape index (κ2) is 9.00. The summed E-state index contributed by atoms with van der Waals surface area (Å²) >= 11 is 0. The number of phenolic OH excluding ortho intramolecular Hbond substituents is 3. The average Bonchev–Trinajstić information content (AvgIpc) is 2.80. The van der Waals surface area contributed by atoms with Gasteiger partial charge in [-0.25, -0.2) is 0 Å². The number of fused-ring (bicyclic) bond motifs is 1. The zero-order valence-corrected chi connectivity index (χ0v) is 17.7. The van der Waals surface area contributed by atoms with Crippen LogP contribution in [0.2, 0.25) is 0 Å². The molecule has 0 bridgehead atoms. The molecule has 0 unspecified atom stereocenters. The Morgan fingerprint density at radius 1 is 0.971 bits per heavy atom. The molecule has 182 valence electrons. The van der Waals surface area contributed by atoms with Gasteiger partial charge in [0.1, 0.15) is 46.9 Å². The molecule has 0 spiro atoms. The molecule has 0 amide bonds. The van der Waals surface area contributed by atoms with Gasteiger partial charge in [-0.1, -0.05) is 0 Å². The summed E-state index contributed by atoms with van der Waals surface area (Å²) in [5.41, 5.74) is -0.718. The highest BCUT2D eigenvalue weighted by Crippen LogP contribution is 2.39. The Morgan fingerprint density at radius 3 is 2.35 bits per heavy atom. The van der Waals surface area contributed by atoms with Crippen molar-refractivity contribution in [2.75, 3.05) is 13.7 Å². The van der Waals surface area contributed by atoms with Crippen molar-refractivity contribution in [2.24, 2.45) is 0 Å². The summed E-state index contributed by atoms with van der Waals surface area (Å²) < 4.78 is 21.9. The van der Waals surface area contributed by atoms with E-state index in [1.54, 1.807) is 0 Å². The van der Waals surface area contributed by atoms with E-state index in [4.69, 9.17) is 18.6 Å². The van der Waals surface area contributed by atoms with Crippen molar-refractivity contribution in [3.8, 4) is 40.1 Å². The summed E-state index contributed by atoms with van der Waals surface area (Å²) in [4.78, 5) is 13.3. The quantitative estimate of drug-likeness (QED) is 0.238. The van der Waals surface area contributed by atoms with Gasteiger partial charge in [-0.2, -0.15) is 0 Å². The fraction of sp³-hybridized carbons (Fsp3) is 0.318. The Bertz CT molecular complexity index is 1270. The third kappa shape index (κ3) is 3.97. The van der Waals surface area contributed by atoms with E-state index in [2.05, 4.69) is 0 Å². The normalized spacial score (nSPS) is 24.8. The summed E-state index contributed by atoms with van der Waals surface area (Å²) in [6.07, 6.45) is -7.98. The first-order valence-electron chi connectivity index (χ1n) is 10.0. The molecule has 1 aromatic heterocycles. The van der Waals surface area contributed by atoms with Crippen LogP contribution in [0.1, 0.15) is 0 Å². The van der Waals surface area contributed by atoms with Crippen molar-refractivity contribution in [3.05, 3.63) is 40.6 Å². The molecule has 2 heterocycles. The van der Waals surface area contributed by atoms with Crippen LogP contribution in [-0.2, 0) is 4.74 Å². The topological polar surface area (TPSA) is 200 Å². The van der Waals surface area contributed by atoms with Crippen molar-refractivity contribution in [1.29, 1.82) is 0 Å². The largest absolute Gasteiger partial charge is 0.508 e. The van der Waals surface area contributed by atoms with Crippen LogP contribution in [0.15, 0.2) is 39.5 Å². The van der Waals surface area contributed by atoms with Crippen LogP contribution >= 0.6 is 0 Å². The highest BCUT2D eigenvalue weighted by Gasteiger charge is 2.45. The molecule has 34 heavy (non-hydrogen) atoms. The van der Waals surface area contributed by atoms with E-state index in [1.807, 2.05) is 0 Å². The SMILES string of the molecule is COc1c(-c2ccc(O)c(O)c2)oc2cc(O)cc(O[C@@H]3O[C@@H](CO)[C@@H](O)[C@H](O)[C@@H]3O)c2c1=O. The Labute approximate surface area is 191 Å². The Balaban J connectivity index is 1.85. The number of aliphatic hydroxyl groups is 4. The maximum absolute atomic E-state index is 13.3. The van der Waals surface area contributed by atoms with Crippen LogP contribution < -0.4 is 14.9 Å². The molecule has 1 fully saturated rings. The smallest absolute Gasteiger partial charge is 0.239 e. The number of ether oxygens (including phenoxy) is 3. The molecule has 1 saturated heterocycles. The van der Waals surface area contributed by atoms with Crippen LogP contribution in [0.25, 0.3) is 22.3 Å². The molecule has 2 aromatic carbocycles. The van der Waals surface area contributed by atoms with E-state index in [0.29, 0.717) is 0 Å². The predicted molar refractivity (Wildman–Crippen MR) is 114 cm³/mol. The molecule has 3 aromatic rings. The minimum atomic E-state index is -1.76. The molecule has 12 heteroatoms. The fourth-order valence-corrected chi connectivity index (χ4v) is 3.68. The van der Waals surface area contributed by atoms with Crippen LogP contribution in [0.5, 0.6) is 28.7 Å². The van der Waals surface area contributed by atoms with E-state index >= 15 is 0 Å². The third-order valence-electron chi connectivity index (χ3n) is 5.44. The van der Waals surface area contributed by atoms with Crippen molar-refractivity contribution < 1.29 is 54.4 Å². The molecule has 12 nitrogen and oxygen atoms in total. The second-order valence-electron chi connectivity index (χ2n) is 7.63. The lowest BCUT2D eigenvalue weighted by Crippen LogP contribution is -2.60. The molecule has 1 aliphatic rings. The van der Waals surface area contributed by atoms with Crippen LogP contribution in [0.3, 0.4) is 0 Å². The minimum Gasteiger partial charge on any atom is -0.508 e. The molecule has 0 saturated carbocycles. The van der Waals surface area contributed by atoms with Crippen molar-refractivity contribution in [2.45, 2.75) is 30.7 Å². The monoisotopic (exact) mass is 478 g/mol. The molecule has 0 radical (unpaired) electrons. The Morgan fingerprint density at radius 2 is 1.71 bits per heavy atom. The highest BCUT2D eigenvalue weighted by molar-refractivity contribution is 5.88. The summed E-state index contributed by atoms with van der Waals surface area (Å²) in [5.74, 6) is -1.95. The van der Waals surface area contributed by atoms with Gasteiger partial charge in [-0.15, -0.1) is 0 Å². The van der Waals surface area contributed by atoms with Crippen LogP contribution in [0.4, 0.5) is 0 Å². The van der Waals surface area contributed by atoms with Crippen LogP contribution in [-0.4, -0.2) is 80.2 Å². The number of rotatable bonds is 5.